The normalized spacial score (nSPS) is 26.4. The minimum Gasteiger partial charge on any atom is -0.375 e. The van der Waals surface area contributed by atoms with Gasteiger partial charge in [-0.3, -0.25) is 9.69 Å². The van der Waals surface area contributed by atoms with Gasteiger partial charge in [-0.2, -0.15) is 0 Å². The molecule has 0 saturated carbocycles. The van der Waals surface area contributed by atoms with Crippen LogP contribution in [0, 0.1) is 18.7 Å². The third-order valence-corrected chi connectivity index (χ3v) is 5.77. The topological polar surface area (TPSA) is 57.4 Å². The van der Waals surface area contributed by atoms with Crippen molar-refractivity contribution in [1.82, 2.24) is 15.2 Å². The third-order valence-electron chi connectivity index (χ3n) is 5.77. The quantitative estimate of drug-likeness (QED) is 0.886. The van der Waals surface area contributed by atoms with Crippen molar-refractivity contribution in [1.29, 1.82) is 0 Å². The van der Waals surface area contributed by atoms with Gasteiger partial charge in [0.2, 0.25) is 0 Å². The van der Waals surface area contributed by atoms with Crippen LogP contribution >= 0.6 is 0 Å². The van der Waals surface area contributed by atoms with Crippen LogP contribution in [0.5, 0.6) is 0 Å². The second kappa shape index (κ2) is 6.67. The molecule has 2 aromatic rings. The van der Waals surface area contributed by atoms with Gasteiger partial charge in [-0.05, 0) is 43.0 Å². The van der Waals surface area contributed by atoms with Crippen molar-refractivity contribution in [3.8, 4) is 0 Å². The summed E-state index contributed by atoms with van der Waals surface area (Å²) in [6.07, 6.45) is 1.18. The number of hydrogen-bond donors (Lipinski definition) is 2. The van der Waals surface area contributed by atoms with E-state index >= 15 is 0 Å². The zero-order chi connectivity index (χ0) is 18.4. The fraction of sp³-hybridized carbons (Fsp3) is 0.550. The summed E-state index contributed by atoms with van der Waals surface area (Å²) in [6.45, 7) is 8.74. The summed E-state index contributed by atoms with van der Waals surface area (Å²) >= 11 is 0. The second-order valence-corrected chi connectivity index (χ2v) is 7.94. The fourth-order valence-corrected chi connectivity index (χ4v) is 4.19. The first-order chi connectivity index (χ1) is 12.4. The minimum atomic E-state index is -0.293. The van der Waals surface area contributed by atoms with E-state index in [1.54, 1.807) is 6.07 Å². The summed E-state index contributed by atoms with van der Waals surface area (Å²) in [4.78, 5) is 18.3. The lowest BCUT2D eigenvalue weighted by Crippen LogP contribution is -2.48. The predicted octanol–water partition coefficient (Wildman–Crippen LogP) is 2.84. The molecule has 2 N–H and O–H groups in total. The molecule has 26 heavy (non-hydrogen) atoms. The van der Waals surface area contributed by atoms with Crippen LogP contribution < -0.4 is 5.32 Å². The maximum atomic E-state index is 13.5. The molecular formula is C20H26FN3O2. The average molecular weight is 359 g/mol. The van der Waals surface area contributed by atoms with Crippen LogP contribution in [0.3, 0.4) is 0 Å². The van der Waals surface area contributed by atoms with Crippen LogP contribution in [0.4, 0.5) is 4.39 Å². The summed E-state index contributed by atoms with van der Waals surface area (Å²) in [5.74, 6) is 0.0863. The number of rotatable bonds is 3. The van der Waals surface area contributed by atoms with E-state index in [4.69, 9.17) is 4.74 Å². The highest BCUT2D eigenvalue weighted by molar-refractivity contribution is 6.01. The van der Waals surface area contributed by atoms with E-state index in [-0.39, 0.29) is 23.9 Å². The number of hydrogen-bond acceptors (Lipinski definition) is 3. The van der Waals surface area contributed by atoms with E-state index in [2.05, 4.69) is 29.0 Å². The monoisotopic (exact) mass is 359 g/mol. The van der Waals surface area contributed by atoms with Crippen molar-refractivity contribution < 1.29 is 13.9 Å². The highest BCUT2D eigenvalue weighted by Crippen LogP contribution is 2.27. The van der Waals surface area contributed by atoms with Gasteiger partial charge >= 0.3 is 0 Å². The minimum absolute atomic E-state index is 0.115. The first-order valence-electron chi connectivity index (χ1n) is 9.36. The first-order valence-corrected chi connectivity index (χ1v) is 9.36. The summed E-state index contributed by atoms with van der Waals surface area (Å²) in [7, 11) is 0. The van der Waals surface area contributed by atoms with Gasteiger partial charge in [-0.1, -0.05) is 13.8 Å². The molecule has 0 spiro atoms. The van der Waals surface area contributed by atoms with Gasteiger partial charge in [0.05, 0.1) is 12.7 Å². The maximum absolute atomic E-state index is 13.5. The first kappa shape index (κ1) is 17.5. The Morgan fingerprint density at radius 2 is 2.19 bits per heavy atom. The lowest BCUT2D eigenvalue weighted by Gasteiger charge is -2.36. The van der Waals surface area contributed by atoms with E-state index in [1.807, 2.05) is 6.92 Å². The Morgan fingerprint density at radius 1 is 1.38 bits per heavy atom. The molecule has 6 heteroatoms. The van der Waals surface area contributed by atoms with E-state index in [9.17, 15) is 9.18 Å². The van der Waals surface area contributed by atoms with Crippen molar-refractivity contribution in [2.45, 2.75) is 45.4 Å². The fourth-order valence-electron chi connectivity index (χ4n) is 4.19. The molecule has 0 aliphatic carbocycles. The Bertz CT molecular complexity index is 832. The molecule has 2 aliphatic rings. The number of benzene rings is 1. The van der Waals surface area contributed by atoms with E-state index in [1.165, 1.54) is 12.1 Å². The number of morpholine rings is 1. The van der Waals surface area contributed by atoms with Gasteiger partial charge < -0.3 is 15.0 Å². The van der Waals surface area contributed by atoms with Crippen molar-refractivity contribution in [3.05, 3.63) is 35.3 Å². The molecule has 3 atom stereocenters. The largest absolute Gasteiger partial charge is 0.375 e. The number of fused-ring (bicyclic) bond motifs is 2. The van der Waals surface area contributed by atoms with E-state index < -0.39 is 0 Å². The van der Waals surface area contributed by atoms with Crippen LogP contribution in [0.25, 0.3) is 10.9 Å². The summed E-state index contributed by atoms with van der Waals surface area (Å²) < 4.78 is 19.4. The highest BCUT2D eigenvalue weighted by atomic mass is 19.1. The van der Waals surface area contributed by atoms with Crippen molar-refractivity contribution in [3.63, 3.8) is 0 Å². The molecule has 1 aromatic carbocycles. The number of aromatic nitrogens is 1. The number of ether oxygens (including phenoxy) is 1. The number of carbonyl (C=O) groups is 1. The Morgan fingerprint density at radius 3 is 2.96 bits per heavy atom. The summed E-state index contributed by atoms with van der Waals surface area (Å²) in [6, 6.07) is 5.04. The zero-order valence-corrected chi connectivity index (χ0v) is 15.5. The number of halogens is 1. The van der Waals surface area contributed by atoms with Crippen LogP contribution in [-0.2, 0) is 4.74 Å². The molecule has 1 amide bonds. The number of carbonyl (C=O) groups excluding carboxylic acids is 1. The highest BCUT2D eigenvalue weighted by Gasteiger charge is 2.38. The third kappa shape index (κ3) is 3.12. The second-order valence-electron chi connectivity index (χ2n) is 7.94. The number of aromatic amines is 1. The lowest BCUT2D eigenvalue weighted by atomic mass is 10.0. The molecule has 2 fully saturated rings. The number of nitrogens with one attached hydrogen (secondary N) is 2. The van der Waals surface area contributed by atoms with Crippen molar-refractivity contribution in [2.75, 3.05) is 19.7 Å². The van der Waals surface area contributed by atoms with Crippen LogP contribution in [0.1, 0.15) is 36.3 Å². The Labute approximate surface area is 152 Å². The Kier molecular flexibility index (Phi) is 4.49. The SMILES string of the molecule is Cc1c(C(=O)N[C@H]2C[C@H]3CO[C@H](C(C)C)CN3C2)[nH]c2ccc(F)cc12. The molecule has 0 unspecified atom stereocenters. The molecule has 140 valence electrons. The number of H-pyrrole nitrogens is 1. The molecule has 2 saturated heterocycles. The Balaban J connectivity index is 1.45. The van der Waals surface area contributed by atoms with Crippen molar-refractivity contribution >= 4 is 16.8 Å². The van der Waals surface area contributed by atoms with Crippen LogP contribution in [0.2, 0.25) is 0 Å². The van der Waals surface area contributed by atoms with Gasteiger partial charge in [0, 0.05) is 36.1 Å². The van der Waals surface area contributed by atoms with Gasteiger partial charge in [0.25, 0.3) is 5.91 Å². The number of amides is 1. The lowest BCUT2D eigenvalue weighted by molar-refractivity contribution is -0.0683. The van der Waals surface area contributed by atoms with E-state index in [0.717, 1.165) is 42.6 Å². The molecular weight excluding hydrogens is 333 g/mol. The smallest absolute Gasteiger partial charge is 0.268 e. The molecule has 5 nitrogen and oxygen atoms in total. The molecule has 4 rings (SSSR count). The molecule has 0 bridgehead atoms. The summed E-state index contributed by atoms with van der Waals surface area (Å²) in [5, 5.41) is 3.91. The van der Waals surface area contributed by atoms with Gasteiger partial charge in [0.1, 0.15) is 11.5 Å². The maximum Gasteiger partial charge on any atom is 0.268 e. The number of nitrogens with zero attached hydrogens (tertiary/aromatic N) is 1. The average Bonchev–Trinajstić information content (AvgIpc) is 3.14. The summed E-state index contributed by atoms with van der Waals surface area (Å²) in [5.41, 5.74) is 2.09. The van der Waals surface area contributed by atoms with Gasteiger partial charge in [0.15, 0.2) is 0 Å². The van der Waals surface area contributed by atoms with Crippen LogP contribution in [0.15, 0.2) is 18.2 Å². The zero-order valence-electron chi connectivity index (χ0n) is 15.5. The molecule has 1 aromatic heterocycles. The van der Waals surface area contributed by atoms with Crippen molar-refractivity contribution in [2.24, 2.45) is 5.92 Å². The van der Waals surface area contributed by atoms with E-state index in [0.29, 0.717) is 17.7 Å². The predicted molar refractivity (Wildman–Crippen MR) is 98.8 cm³/mol. The van der Waals surface area contributed by atoms with Gasteiger partial charge in [-0.25, -0.2) is 4.39 Å². The Hall–Kier alpha value is -1.92. The molecule has 2 aliphatic heterocycles. The standard InChI is InChI=1S/C20H26FN3O2/c1-11(2)18-9-24-8-14(7-15(24)10-26-18)22-20(25)19-12(3)16-6-13(21)4-5-17(16)23-19/h4-6,11,14-15,18,23H,7-10H2,1-3H3,(H,22,25)/t14-,15-,18-/m0/s1. The van der Waals surface area contributed by atoms with Gasteiger partial charge in [-0.15, -0.1) is 0 Å². The number of aryl methyl sites for hydroxylation is 1. The molecule has 0 radical (unpaired) electrons. The van der Waals surface area contributed by atoms with Crippen LogP contribution in [-0.4, -0.2) is 53.7 Å². The molecule has 3 heterocycles.